The maximum absolute atomic E-state index is 12.9. The van der Waals surface area contributed by atoms with E-state index in [1.54, 1.807) is 19.1 Å². The number of carbonyl (C=O) groups excluding carboxylic acids is 1. The van der Waals surface area contributed by atoms with E-state index in [-0.39, 0.29) is 22.9 Å². The van der Waals surface area contributed by atoms with E-state index in [1.165, 1.54) is 17.7 Å². The van der Waals surface area contributed by atoms with E-state index in [0.717, 1.165) is 5.56 Å². The summed E-state index contributed by atoms with van der Waals surface area (Å²) in [5.41, 5.74) is 2.66. The predicted octanol–water partition coefficient (Wildman–Crippen LogP) is 4.40. The van der Waals surface area contributed by atoms with Crippen LogP contribution < -0.4 is 5.32 Å². The minimum absolute atomic E-state index is 0.0481. The van der Waals surface area contributed by atoms with Crippen LogP contribution in [0.1, 0.15) is 38.8 Å². The number of halogens is 1. The molecule has 0 aromatic heterocycles. The molecule has 0 aliphatic heterocycles. The molecule has 0 bridgehead atoms. The minimum Gasteiger partial charge on any atom is -0.325 e. The van der Waals surface area contributed by atoms with Crippen molar-refractivity contribution < 1.29 is 13.4 Å². The van der Waals surface area contributed by atoms with E-state index < -0.39 is 16.0 Å². The molecule has 1 amide bonds. The Labute approximate surface area is 151 Å². The van der Waals surface area contributed by atoms with Crippen molar-refractivity contribution in [3.05, 3.63) is 65.5 Å². The van der Waals surface area contributed by atoms with Crippen LogP contribution in [0.15, 0.2) is 48.5 Å². The SMILES string of the molecule is CC(C(=O)Nc1ccc(C(C)(C)C)cc1)S(=O)Cc1ccc(F)cc1. The Balaban J connectivity index is 1.97. The molecule has 0 saturated carbocycles. The van der Waals surface area contributed by atoms with Gasteiger partial charge in [0.05, 0.1) is 0 Å². The summed E-state index contributed by atoms with van der Waals surface area (Å²) in [5, 5.41) is 2.14. The monoisotopic (exact) mass is 361 g/mol. The number of hydrogen-bond acceptors (Lipinski definition) is 2. The highest BCUT2D eigenvalue weighted by Crippen LogP contribution is 2.23. The molecular formula is C20H24FNO2S. The smallest absolute Gasteiger partial charge is 0.239 e. The first-order chi connectivity index (χ1) is 11.7. The zero-order chi connectivity index (χ0) is 18.6. The molecular weight excluding hydrogens is 337 g/mol. The summed E-state index contributed by atoms with van der Waals surface area (Å²) in [7, 11) is -1.38. The fourth-order valence-corrected chi connectivity index (χ4v) is 3.36. The van der Waals surface area contributed by atoms with Crippen LogP contribution in [0.25, 0.3) is 0 Å². The Morgan fingerprint density at radius 1 is 1.08 bits per heavy atom. The van der Waals surface area contributed by atoms with Crippen LogP contribution in [0.3, 0.4) is 0 Å². The van der Waals surface area contributed by atoms with Gasteiger partial charge in [0, 0.05) is 22.2 Å². The average Bonchev–Trinajstić information content (AvgIpc) is 2.55. The molecule has 2 aromatic carbocycles. The zero-order valence-electron chi connectivity index (χ0n) is 15.0. The Kier molecular flexibility index (Phi) is 6.11. The highest BCUT2D eigenvalue weighted by molar-refractivity contribution is 7.85. The second-order valence-corrected chi connectivity index (χ2v) is 8.87. The van der Waals surface area contributed by atoms with Crippen molar-refractivity contribution in [2.24, 2.45) is 0 Å². The standard InChI is InChI=1S/C20H24FNO2S/c1-14(25(24)13-15-5-9-17(21)10-6-15)19(23)22-18-11-7-16(8-12-18)20(2,3)4/h5-12,14H,13H2,1-4H3,(H,22,23). The number of hydrogen-bond donors (Lipinski definition) is 1. The third-order valence-corrected chi connectivity index (χ3v) is 5.62. The molecule has 2 rings (SSSR count). The summed E-state index contributed by atoms with van der Waals surface area (Å²) < 4.78 is 25.3. The molecule has 1 N–H and O–H groups in total. The second kappa shape index (κ2) is 7.91. The predicted molar refractivity (Wildman–Crippen MR) is 101 cm³/mol. The molecule has 0 radical (unpaired) electrons. The molecule has 0 aliphatic carbocycles. The zero-order valence-corrected chi connectivity index (χ0v) is 15.8. The lowest BCUT2D eigenvalue weighted by molar-refractivity contribution is -0.115. The first-order valence-electron chi connectivity index (χ1n) is 8.20. The quantitative estimate of drug-likeness (QED) is 0.858. The van der Waals surface area contributed by atoms with Gasteiger partial charge >= 0.3 is 0 Å². The molecule has 0 saturated heterocycles. The lowest BCUT2D eigenvalue weighted by Crippen LogP contribution is -2.29. The van der Waals surface area contributed by atoms with Crippen LogP contribution in [0, 0.1) is 5.82 Å². The fraction of sp³-hybridized carbons (Fsp3) is 0.350. The minimum atomic E-state index is -1.38. The van der Waals surface area contributed by atoms with E-state index in [1.807, 2.05) is 24.3 Å². The van der Waals surface area contributed by atoms with Gasteiger partial charge in [0.15, 0.2) is 0 Å². The number of benzene rings is 2. The first-order valence-corrected chi connectivity index (χ1v) is 9.58. The first kappa shape index (κ1) is 19.3. The summed E-state index contributed by atoms with van der Waals surface area (Å²) >= 11 is 0. The summed E-state index contributed by atoms with van der Waals surface area (Å²) in [6.45, 7) is 8.02. The Hall–Kier alpha value is -2.01. The number of amides is 1. The third kappa shape index (κ3) is 5.49. The van der Waals surface area contributed by atoms with Crippen LogP contribution in [0.4, 0.5) is 10.1 Å². The van der Waals surface area contributed by atoms with Gasteiger partial charge in [-0.3, -0.25) is 9.00 Å². The van der Waals surface area contributed by atoms with Gasteiger partial charge in [0.1, 0.15) is 11.1 Å². The maximum atomic E-state index is 12.9. The molecule has 0 heterocycles. The molecule has 0 fully saturated rings. The van der Waals surface area contributed by atoms with Gasteiger partial charge < -0.3 is 5.32 Å². The molecule has 2 aromatic rings. The summed E-state index contributed by atoms with van der Waals surface area (Å²) in [5.74, 6) is -0.402. The number of rotatable bonds is 5. The van der Waals surface area contributed by atoms with E-state index in [9.17, 15) is 13.4 Å². The summed E-state index contributed by atoms with van der Waals surface area (Å²) in [6.07, 6.45) is 0. The van der Waals surface area contributed by atoms with Crippen molar-refractivity contribution >= 4 is 22.4 Å². The van der Waals surface area contributed by atoms with Gasteiger partial charge in [-0.15, -0.1) is 0 Å². The highest BCUT2D eigenvalue weighted by Gasteiger charge is 2.21. The largest absolute Gasteiger partial charge is 0.325 e. The molecule has 3 nitrogen and oxygen atoms in total. The van der Waals surface area contributed by atoms with Crippen molar-refractivity contribution in [3.63, 3.8) is 0 Å². The molecule has 2 unspecified atom stereocenters. The van der Waals surface area contributed by atoms with E-state index in [0.29, 0.717) is 5.69 Å². The van der Waals surface area contributed by atoms with E-state index in [2.05, 4.69) is 26.1 Å². The van der Waals surface area contributed by atoms with E-state index in [4.69, 9.17) is 0 Å². The van der Waals surface area contributed by atoms with Gasteiger partial charge in [-0.05, 0) is 47.7 Å². The lowest BCUT2D eigenvalue weighted by atomic mass is 9.87. The van der Waals surface area contributed by atoms with Crippen LogP contribution in [0.2, 0.25) is 0 Å². The van der Waals surface area contributed by atoms with Gasteiger partial charge in [0.25, 0.3) is 0 Å². The van der Waals surface area contributed by atoms with Crippen LogP contribution in [-0.2, 0) is 26.8 Å². The second-order valence-electron chi connectivity index (χ2n) is 7.11. The Morgan fingerprint density at radius 3 is 2.16 bits per heavy atom. The molecule has 0 spiro atoms. The highest BCUT2D eigenvalue weighted by atomic mass is 32.2. The van der Waals surface area contributed by atoms with Gasteiger partial charge in [-0.1, -0.05) is 45.0 Å². The molecule has 25 heavy (non-hydrogen) atoms. The van der Waals surface area contributed by atoms with Crippen molar-refractivity contribution in [2.45, 2.75) is 44.1 Å². The molecule has 5 heteroatoms. The summed E-state index contributed by atoms with van der Waals surface area (Å²) in [4.78, 5) is 12.3. The van der Waals surface area contributed by atoms with Crippen LogP contribution >= 0.6 is 0 Å². The van der Waals surface area contributed by atoms with Crippen molar-refractivity contribution in [3.8, 4) is 0 Å². The number of carbonyl (C=O) groups is 1. The topological polar surface area (TPSA) is 46.2 Å². The number of anilines is 1. The average molecular weight is 361 g/mol. The van der Waals surface area contributed by atoms with Crippen molar-refractivity contribution in [1.29, 1.82) is 0 Å². The van der Waals surface area contributed by atoms with Gasteiger partial charge in [-0.25, -0.2) is 4.39 Å². The summed E-state index contributed by atoms with van der Waals surface area (Å²) in [6, 6.07) is 13.5. The van der Waals surface area contributed by atoms with Crippen LogP contribution in [0.5, 0.6) is 0 Å². The Morgan fingerprint density at radius 2 is 1.64 bits per heavy atom. The lowest BCUT2D eigenvalue weighted by Gasteiger charge is -2.19. The van der Waals surface area contributed by atoms with Gasteiger partial charge in [0.2, 0.25) is 5.91 Å². The maximum Gasteiger partial charge on any atom is 0.239 e. The molecule has 2 atom stereocenters. The molecule has 134 valence electrons. The fourth-order valence-electron chi connectivity index (χ4n) is 2.29. The Bertz CT molecular complexity index is 749. The number of nitrogens with one attached hydrogen (secondary N) is 1. The molecule has 0 aliphatic rings. The van der Waals surface area contributed by atoms with Crippen LogP contribution in [-0.4, -0.2) is 15.4 Å². The van der Waals surface area contributed by atoms with Crippen molar-refractivity contribution in [2.75, 3.05) is 5.32 Å². The van der Waals surface area contributed by atoms with Gasteiger partial charge in [-0.2, -0.15) is 0 Å². The van der Waals surface area contributed by atoms with Crippen molar-refractivity contribution in [1.82, 2.24) is 0 Å². The van der Waals surface area contributed by atoms with E-state index >= 15 is 0 Å². The third-order valence-electron chi connectivity index (χ3n) is 4.00. The normalized spacial score (nSPS) is 14.0.